The second-order valence-corrected chi connectivity index (χ2v) is 6.51. The predicted molar refractivity (Wildman–Crippen MR) is 81.1 cm³/mol. The molecule has 0 N–H and O–H groups in total. The highest BCUT2D eigenvalue weighted by molar-refractivity contribution is 5.82. The van der Waals surface area contributed by atoms with Gasteiger partial charge in [0.15, 0.2) is 0 Å². The van der Waals surface area contributed by atoms with E-state index in [4.69, 9.17) is 4.74 Å². The molecule has 0 aliphatic carbocycles. The standard InChI is InChI=1S/C17H23NO3/c1-17(2,3)21-16(20)18-10-9-15(19)12-14(18)11-13-7-5-4-6-8-13/h4-8,14H,9-12H2,1-3H3/t14-/m1/s1. The molecule has 1 aromatic carbocycles. The number of hydrogen-bond acceptors (Lipinski definition) is 3. The molecule has 1 aliphatic rings. The van der Waals surface area contributed by atoms with Crippen molar-refractivity contribution in [3.63, 3.8) is 0 Å². The third-order valence-electron chi connectivity index (χ3n) is 3.48. The molecule has 1 heterocycles. The van der Waals surface area contributed by atoms with Crippen molar-refractivity contribution in [2.75, 3.05) is 6.54 Å². The molecule has 1 fully saturated rings. The number of piperidine rings is 1. The van der Waals surface area contributed by atoms with E-state index >= 15 is 0 Å². The summed E-state index contributed by atoms with van der Waals surface area (Å²) in [6.45, 7) is 6.01. The molecule has 1 amide bonds. The minimum absolute atomic E-state index is 0.108. The molecule has 0 aromatic heterocycles. The molecule has 0 spiro atoms. The number of hydrogen-bond donors (Lipinski definition) is 0. The van der Waals surface area contributed by atoms with Crippen LogP contribution in [-0.4, -0.2) is 35.0 Å². The van der Waals surface area contributed by atoms with Crippen molar-refractivity contribution in [3.8, 4) is 0 Å². The average molecular weight is 289 g/mol. The van der Waals surface area contributed by atoms with Gasteiger partial charge in [-0.05, 0) is 32.8 Å². The Morgan fingerprint density at radius 1 is 1.29 bits per heavy atom. The zero-order valence-corrected chi connectivity index (χ0v) is 13.0. The van der Waals surface area contributed by atoms with Gasteiger partial charge in [-0.15, -0.1) is 0 Å². The Morgan fingerprint density at radius 2 is 1.95 bits per heavy atom. The first kappa shape index (κ1) is 15.5. The van der Waals surface area contributed by atoms with E-state index in [2.05, 4.69) is 0 Å². The highest BCUT2D eigenvalue weighted by atomic mass is 16.6. The normalized spacial score (nSPS) is 19.5. The number of ketones is 1. The summed E-state index contributed by atoms with van der Waals surface area (Å²) in [7, 11) is 0. The molecule has 1 saturated heterocycles. The maximum absolute atomic E-state index is 12.3. The molecule has 4 nitrogen and oxygen atoms in total. The first-order chi connectivity index (χ1) is 9.85. The quantitative estimate of drug-likeness (QED) is 0.840. The zero-order chi connectivity index (χ0) is 15.5. The van der Waals surface area contributed by atoms with Crippen molar-refractivity contribution in [1.29, 1.82) is 0 Å². The summed E-state index contributed by atoms with van der Waals surface area (Å²) in [6.07, 6.45) is 1.20. The van der Waals surface area contributed by atoms with Gasteiger partial charge in [-0.25, -0.2) is 4.79 Å². The summed E-state index contributed by atoms with van der Waals surface area (Å²) in [5.74, 6) is 0.218. The topological polar surface area (TPSA) is 46.6 Å². The van der Waals surface area contributed by atoms with Crippen LogP contribution in [0.1, 0.15) is 39.2 Å². The van der Waals surface area contributed by atoms with Gasteiger partial charge in [0, 0.05) is 25.4 Å². The maximum atomic E-state index is 12.3. The maximum Gasteiger partial charge on any atom is 0.410 e. The highest BCUT2D eigenvalue weighted by Crippen LogP contribution is 2.21. The van der Waals surface area contributed by atoms with Gasteiger partial charge >= 0.3 is 6.09 Å². The van der Waals surface area contributed by atoms with Gasteiger partial charge in [0.1, 0.15) is 11.4 Å². The first-order valence-corrected chi connectivity index (χ1v) is 7.40. The monoisotopic (exact) mass is 289 g/mol. The SMILES string of the molecule is CC(C)(C)OC(=O)N1CCC(=O)C[C@H]1Cc1ccccc1. The molecule has 0 radical (unpaired) electrons. The van der Waals surface area contributed by atoms with Crippen LogP contribution in [0.3, 0.4) is 0 Å². The number of Topliss-reactive ketones (excluding diaryl/α,β-unsaturated/α-hetero) is 1. The molecule has 2 rings (SSSR count). The summed E-state index contributed by atoms with van der Waals surface area (Å²) in [5.41, 5.74) is 0.612. The summed E-state index contributed by atoms with van der Waals surface area (Å²) in [4.78, 5) is 25.8. The van der Waals surface area contributed by atoms with Crippen molar-refractivity contribution < 1.29 is 14.3 Å². The number of amides is 1. The number of benzene rings is 1. The Bertz CT molecular complexity index is 505. The molecule has 0 saturated carbocycles. The van der Waals surface area contributed by atoms with Gasteiger partial charge < -0.3 is 9.64 Å². The van der Waals surface area contributed by atoms with Gasteiger partial charge in [0.05, 0.1) is 0 Å². The van der Waals surface area contributed by atoms with Crippen molar-refractivity contribution in [3.05, 3.63) is 35.9 Å². The van der Waals surface area contributed by atoms with Gasteiger partial charge in [-0.1, -0.05) is 30.3 Å². The van der Waals surface area contributed by atoms with Crippen LogP contribution in [0.15, 0.2) is 30.3 Å². The van der Waals surface area contributed by atoms with E-state index in [1.165, 1.54) is 0 Å². The number of likely N-dealkylation sites (tertiary alicyclic amines) is 1. The lowest BCUT2D eigenvalue weighted by molar-refractivity contribution is -0.122. The van der Waals surface area contributed by atoms with E-state index in [0.29, 0.717) is 25.8 Å². The lowest BCUT2D eigenvalue weighted by atomic mass is 9.95. The van der Waals surface area contributed by atoms with Crippen LogP contribution >= 0.6 is 0 Å². The summed E-state index contributed by atoms with van der Waals surface area (Å²) in [5, 5.41) is 0. The van der Waals surface area contributed by atoms with Crippen LogP contribution in [0.25, 0.3) is 0 Å². The summed E-state index contributed by atoms with van der Waals surface area (Å²) < 4.78 is 5.46. The molecule has 0 bridgehead atoms. The van der Waals surface area contributed by atoms with Gasteiger partial charge in [-0.3, -0.25) is 4.79 Å². The van der Waals surface area contributed by atoms with Crippen LogP contribution in [0, 0.1) is 0 Å². The Hall–Kier alpha value is -1.84. The largest absolute Gasteiger partial charge is 0.444 e. The van der Waals surface area contributed by atoms with Crippen LogP contribution in [0.5, 0.6) is 0 Å². The lowest BCUT2D eigenvalue weighted by Crippen LogP contribution is -2.49. The average Bonchev–Trinajstić information content (AvgIpc) is 2.37. The Labute approximate surface area is 126 Å². The van der Waals surface area contributed by atoms with E-state index in [0.717, 1.165) is 5.56 Å². The number of carbonyl (C=O) groups is 2. The highest BCUT2D eigenvalue weighted by Gasteiger charge is 2.33. The molecular weight excluding hydrogens is 266 g/mol. The Balaban J connectivity index is 2.10. The molecule has 21 heavy (non-hydrogen) atoms. The van der Waals surface area contributed by atoms with Gasteiger partial charge in [0.2, 0.25) is 0 Å². The van der Waals surface area contributed by atoms with E-state index < -0.39 is 5.60 Å². The summed E-state index contributed by atoms with van der Waals surface area (Å²) >= 11 is 0. The molecular formula is C17H23NO3. The van der Waals surface area contributed by atoms with Crippen molar-refractivity contribution in [1.82, 2.24) is 4.90 Å². The van der Waals surface area contributed by atoms with E-state index in [9.17, 15) is 9.59 Å². The predicted octanol–water partition coefficient (Wildman–Crippen LogP) is 3.20. The second kappa shape index (κ2) is 6.29. The third-order valence-corrected chi connectivity index (χ3v) is 3.48. The molecule has 1 aliphatic heterocycles. The number of ether oxygens (including phenoxy) is 1. The molecule has 1 atom stereocenters. The van der Waals surface area contributed by atoms with Gasteiger partial charge in [0.25, 0.3) is 0 Å². The van der Waals surface area contributed by atoms with Crippen molar-refractivity contribution in [2.24, 2.45) is 0 Å². The van der Waals surface area contributed by atoms with Crippen LogP contribution in [0.2, 0.25) is 0 Å². The molecule has 1 aromatic rings. The third kappa shape index (κ3) is 4.59. The zero-order valence-electron chi connectivity index (χ0n) is 13.0. The summed E-state index contributed by atoms with van der Waals surface area (Å²) in [6, 6.07) is 9.83. The fourth-order valence-electron chi connectivity index (χ4n) is 2.53. The van der Waals surface area contributed by atoms with Gasteiger partial charge in [-0.2, -0.15) is 0 Å². The minimum Gasteiger partial charge on any atom is -0.444 e. The minimum atomic E-state index is -0.518. The van der Waals surface area contributed by atoms with Crippen molar-refractivity contribution in [2.45, 2.75) is 51.7 Å². The molecule has 114 valence electrons. The van der Waals surface area contributed by atoms with Crippen molar-refractivity contribution >= 4 is 11.9 Å². The Kier molecular flexibility index (Phi) is 4.66. The van der Waals surface area contributed by atoms with Crippen LogP contribution < -0.4 is 0 Å². The Morgan fingerprint density at radius 3 is 2.57 bits per heavy atom. The number of carbonyl (C=O) groups excluding carboxylic acids is 2. The van der Waals surface area contributed by atoms with Crippen LogP contribution in [-0.2, 0) is 16.0 Å². The number of rotatable bonds is 2. The van der Waals surface area contributed by atoms with E-state index in [1.54, 1.807) is 4.90 Å². The van der Waals surface area contributed by atoms with E-state index in [1.807, 2.05) is 51.1 Å². The fourth-order valence-corrected chi connectivity index (χ4v) is 2.53. The second-order valence-electron chi connectivity index (χ2n) is 6.51. The fraction of sp³-hybridized carbons (Fsp3) is 0.529. The number of nitrogens with zero attached hydrogens (tertiary/aromatic N) is 1. The molecule has 0 unspecified atom stereocenters. The lowest BCUT2D eigenvalue weighted by Gasteiger charge is -2.36. The smallest absolute Gasteiger partial charge is 0.410 e. The van der Waals surface area contributed by atoms with E-state index in [-0.39, 0.29) is 17.9 Å². The molecule has 4 heteroatoms. The first-order valence-electron chi connectivity index (χ1n) is 7.40. The van der Waals surface area contributed by atoms with Crippen LogP contribution in [0.4, 0.5) is 4.79 Å².